The third kappa shape index (κ3) is 7.41. The molecule has 0 atom stereocenters. The van der Waals surface area contributed by atoms with Crippen molar-refractivity contribution in [3.8, 4) is 5.75 Å². The van der Waals surface area contributed by atoms with Gasteiger partial charge >= 0.3 is 6.09 Å². The first-order valence-corrected chi connectivity index (χ1v) is 13.4. The highest BCUT2D eigenvalue weighted by Gasteiger charge is 2.23. The summed E-state index contributed by atoms with van der Waals surface area (Å²) in [6.45, 7) is 3.08. The summed E-state index contributed by atoms with van der Waals surface area (Å²) >= 11 is 0. The van der Waals surface area contributed by atoms with Crippen molar-refractivity contribution in [2.24, 2.45) is 5.73 Å². The number of nitrogens with zero attached hydrogens (tertiary/aromatic N) is 2. The van der Waals surface area contributed by atoms with Gasteiger partial charge in [-0.25, -0.2) is 14.8 Å². The van der Waals surface area contributed by atoms with E-state index in [0.29, 0.717) is 55.6 Å². The number of amides is 2. The number of hydrogen-bond acceptors (Lipinski definition) is 6. The normalized spacial score (nSPS) is 13.8. The number of H-pyrrole nitrogens is 1. The zero-order chi connectivity index (χ0) is 28.1. The topological polar surface area (TPSA) is 149 Å². The van der Waals surface area contributed by atoms with Gasteiger partial charge in [-0.1, -0.05) is 42.5 Å². The lowest BCUT2D eigenvalue weighted by atomic mass is 10.0. The largest absolute Gasteiger partial charge is 0.427 e. The van der Waals surface area contributed by atoms with E-state index in [1.165, 1.54) is 0 Å². The third-order valence-electron chi connectivity index (χ3n) is 7.08. The first kappa shape index (κ1) is 29.6. The number of ether oxygens (including phenoxy) is 1. The molecular formula is C30H34ClN7O3. The van der Waals surface area contributed by atoms with Gasteiger partial charge in [-0.3, -0.25) is 15.6 Å². The average Bonchev–Trinajstić information content (AvgIpc) is 3.34. The SMILES string of the molecule is Cc1nc2c(CCc3ccc(C(=N)N)cc3)c(OC(=O)NN3CCC(NC(=O)c4ccccc4)CC3)ccc2[nH]1.Cl. The van der Waals surface area contributed by atoms with Crippen LogP contribution in [-0.2, 0) is 12.8 Å². The molecule has 0 bridgehead atoms. The maximum absolute atomic E-state index is 12.9. The van der Waals surface area contributed by atoms with E-state index < -0.39 is 6.09 Å². The van der Waals surface area contributed by atoms with Crippen LogP contribution in [-0.4, -0.2) is 51.9 Å². The van der Waals surface area contributed by atoms with Gasteiger partial charge in [0, 0.05) is 35.8 Å². The van der Waals surface area contributed by atoms with E-state index in [1.54, 1.807) is 18.2 Å². The van der Waals surface area contributed by atoms with E-state index in [0.717, 1.165) is 28.0 Å². The minimum absolute atomic E-state index is 0. The zero-order valence-electron chi connectivity index (χ0n) is 22.8. The maximum atomic E-state index is 12.9. The number of benzene rings is 3. The number of carbonyl (C=O) groups excluding carboxylic acids is 2. The Hall–Kier alpha value is -4.41. The summed E-state index contributed by atoms with van der Waals surface area (Å²) in [6.07, 6.45) is 2.17. The fraction of sp³-hybridized carbons (Fsp3) is 0.267. The van der Waals surface area contributed by atoms with Crippen molar-refractivity contribution in [2.75, 3.05) is 13.1 Å². The molecule has 0 spiro atoms. The molecule has 1 aliphatic rings. The highest BCUT2D eigenvalue weighted by atomic mass is 35.5. The Morgan fingerprint density at radius 3 is 2.41 bits per heavy atom. The second kappa shape index (κ2) is 13.3. The molecular weight excluding hydrogens is 542 g/mol. The third-order valence-corrected chi connectivity index (χ3v) is 7.08. The minimum atomic E-state index is -0.564. The van der Waals surface area contributed by atoms with Crippen molar-refractivity contribution in [2.45, 2.75) is 38.6 Å². The van der Waals surface area contributed by atoms with Gasteiger partial charge in [0.05, 0.1) is 11.0 Å². The lowest BCUT2D eigenvalue weighted by molar-refractivity contribution is 0.0874. The van der Waals surface area contributed by atoms with Crippen molar-refractivity contribution in [3.05, 3.63) is 94.8 Å². The highest BCUT2D eigenvalue weighted by Crippen LogP contribution is 2.28. The number of aromatic nitrogens is 2. The summed E-state index contributed by atoms with van der Waals surface area (Å²) in [5.41, 5.74) is 13.3. The first-order valence-electron chi connectivity index (χ1n) is 13.4. The van der Waals surface area contributed by atoms with Gasteiger partial charge in [-0.05, 0) is 62.4 Å². The van der Waals surface area contributed by atoms with Gasteiger partial charge in [0.25, 0.3) is 5.91 Å². The van der Waals surface area contributed by atoms with E-state index in [2.05, 4.69) is 20.7 Å². The molecule has 5 rings (SSSR count). The molecule has 0 aliphatic carbocycles. The number of carbonyl (C=O) groups is 2. The molecule has 10 nitrogen and oxygen atoms in total. The number of nitrogen functional groups attached to an aromatic ring is 1. The average molecular weight is 576 g/mol. The van der Waals surface area contributed by atoms with Crippen LogP contribution in [0.15, 0.2) is 66.7 Å². The van der Waals surface area contributed by atoms with Crippen LogP contribution in [0, 0.1) is 12.3 Å². The molecule has 0 saturated carbocycles. The van der Waals surface area contributed by atoms with Crippen molar-refractivity contribution in [1.29, 1.82) is 5.41 Å². The minimum Gasteiger partial charge on any atom is -0.409 e. The first-order chi connectivity index (χ1) is 19.4. The quantitative estimate of drug-likeness (QED) is 0.156. The molecule has 11 heteroatoms. The smallest absolute Gasteiger partial charge is 0.409 e. The highest BCUT2D eigenvalue weighted by molar-refractivity contribution is 5.95. The van der Waals surface area contributed by atoms with Crippen molar-refractivity contribution in [3.63, 3.8) is 0 Å². The molecule has 1 aliphatic heterocycles. The van der Waals surface area contributed by atoms with Gasteiger partial charge in [0.15, 0.2) is 0 Å². The zero-order valence-corrected chi connectivity index (χ0v) is 23.6. The van der Waals surface area contributed by atoms with Gasteiger partial charge in [0.2, 0.25) is 0 Å². The molecule has 0 unspecified atom stereocenters. The second-order valence-corrected chi connectivity index (χ2v) is 9.97. The van der Waals surface area contributed by atoms with Crippen LogP contribution < -0.4 is 21.2 Å². The lowest BCUT2D eigenvalue weighted by Gasteiger charge is -2.32. The van der Waals surface area contributed by atoms with Crippen LogP contribution in [0.3, 0.4) is 0 Å². The van der Waals surface area contributed by atoms with Crippen LogP contribution in [0.1, 0.15) is 45.7 Å². The number of nitrogens with one attached hydrogen (secondary N) is 4. The number of nitrogens with two attached hydrogens (primary N) is 1. The Balaban J connectivity index is 0.00000387. The number of hydrogen-bond donors (Lipinski definition) is 5. The Bertz CT molecular complexity index is 1510. The van der Waals surface area contributed by atoms with Crippen LogP contribution in [0.4, 0.5) is 4.79 Å². The summed E-state index contributed by atoms with van der Waals surface area (Å²) in [6, 6.07) is 20.4. The molecule has 2 heterocycles. The van der Waals surface area contributed by atoms with Crippen LogP contribution in [0.2, 0.25) is 0 Å². The van der Waals surface area contributed by atoms with Crippen LogP contribution in [0.25, 0.3) is 11.0 Å². The number of hydrazine groups is 1. The number of rotatable bonds is 8. The van der Waals surface area contributed by atoms with Gasteiger partial charge < -0.3 is 20.8 Å². The number of imidazole rings is 1. The molecule has 1 fully saturated rings. The predicted molar refractivity (Wildman–Crippen MR) is 161 cm³/mol. The van der Waals surface area contributed by atoms with Crippen LogP contribution >= 0.6 is 12.4 Å². The maximum Gasteiger partial charge on any atom is 0.427 e. The number of aromatic amines is 1. The molecule has 6 N–H and O–H groups in total. The summed E-state index contributed by atoms with van der Waals surface area (Å²) in [4.78, 5) is 33.2. The monoisotopic (exact) mass is 575 g/mol. The molecule has 2 amide bonds. The Labute approximate surface area is 244 Å². The molecule has 41 heavy (non-hydrogen) atoms. The molecule has 0 radical (unpaired) electrons. The Morgan fingerprint density at radius 1 is 1.02 bits per heavy atom. The van der Waals surface area contributed by atoms with Crippen molar-refractivity contribution < 1.29 is 14.3 Å². The van der Waals surface area contributed by atoms with E-state index in [1.807, 2.05) is 60.5 Å². The van der Waals surface area contributed by atoms with E-state index in [9.17, 15) is 9.59 Å². The molecule has 214 valence electrons. The van der Waals surface area contributed by atoms with Crippen molar-refractivity contribution >= 4 is 41.3 Å². The predicted octanol–water partition coefficient (Wildman–Crippen LogP) is 4.26. The Kier molecular flexibility index (Phi) is 9.59. The molecule has 1 aromatic heterocycles. The fourth-order valence-corrected chi connectivity index (χ4v) is 4.94. The van der Waals surface area contributed by atoms with Crippen LogP contribution in [0.5, 0.6) is 5.75 Å². The molecule has 4 aromatic rings. The van der Waals surface area contributed by atoms with Gasteiger partial charge in [-0.15, -0.1) is 12.4 Å². The number of fused-ring (bicyclic) bond motifs is 1. The summed E-state index contributed by atoms with van der Waals surface area (Å²) in [5.74, 6) is 1.19. The number of halogens is 1. The van der Waals surface area contributed by atoms with Gasteiger partial charge in [0.1, 0.15) is 17.4 Å². The van der Waals surface area contributed by atoms with E-state index in [4.69, 9.17) is 15.9 Å². The molecule has 3 aromatic carbocycles. The number of piperidine rings is 1. The molecule has 1 saturated heterocycles. The summed E-state index contributed by atoms with van der Waals surface area (Å²) < 4.78 is 5.79. The summed E-state index contributed by atoms with van der Waals surface area (Å²) in [7, 11) is 0. The Morgan fingerprint density at radius 2 is 1.73 bits per heavy atom. The lowest BCUT2D eigenvalue weighted by Crippen LogP contribution is -2.51. The van der Waals surface area contributed by atoms with E-state index >= 15 is 0 Å². The van der Waals surface area contributed by atoms with Gasteiger partial charge in [-0.2, -0.15) is 0 Å². The summed E-state index contributed by atoms with van der Waals surface area (Å²) in [5, 5.41) is 12.5. The fourth-order valence-electron chi connectivity index (χ4n) is 4.94. The van der Waals surface area contributed by atoms with Crippen molar-refractivity contribution in [1.82, 2.24) is 25.7 Å². The van der Waals surface area contributed by atoms with E-state index in [-0.39, 0.29) is 30.2 Å². The number of amidine groups is 1. The number of aryl methyl sites for hydroxylation is 3. The second-order valence-electron chi connectivity index (χ2n) is 9.97. The standard InChI is InChI=1S/C30H33N7O3.ClH/c1-19-33-25-13-14-26(24(27(25)34-19)12-9-20-7-10-21(11-8-20)28(31)32)40-30(39)36-37-17-15-23(16-18-37)35-29(38)22-5-3-2-4-6-22;/h2-8,10-11,13-14,23H,9,12,15-18H2,1H3,(H3,31,32)(H,33,34)(H,35,38)(H,36,39);1H.